The van der Waals surface area contributed by atoms with E-state index in [0.29, 0.717) is 6.61 Å². The molecule has 0 spiro atoms. The van der Waals surface area contributed by atoms with Crippen molar-refractivity contribution in [3.63, 3.8) is 0 Å². The Balaban J connectivity index is 1.67. The van der Waals surface area contributed by atoms with Crippen LogP contribution in [-0.2, 0) is 16.2 Å². The van der Waals surface area contributed by atoms with E-state index in [1.807, 2.05) is 12.1 Å². The highest BCUT2D eigenvalue weighted by molar-refractivity contribution is 5.17. The van der Waals surface area contributed by atoms with Crippen LogP contribution < -0.4 is 0 Å². The van der Waals surface area contributed by atoms with Gasteiger partial charge in [-0.15, -0.1) is 0 Å². The zero-order valence-corrected chi connectivity index (χ0v) is 17.3. The van der Waals surface area contributed by atoms with E-state index in [9.17, 15) is 0 Å². The lowest BCUT2D eigenvalue weighted by atomic mass is 9.80. The number of benzene rings is 2. The maximum Gasteiger partial charge on any atom is 0.102 e. The zero-order chi connectivity index (χ0) is 19.5. The van der Waals surface area contributed by atoms with Crippen molar-refractivity contribution in [1.82, 2.24) is 5.06 Å². The fraction of sp³-hybridized carbons (Fsp3) is 0.500. The van der Waals surface area contributed by atoms with Crippen molar-refractivity contribution < 1.29 is 9.57 Å². The van der Waals surface area contributed by atoms with Gasteiger partial charge < -0.3 is 4.74 Å². The molecule has 27 heavy (non-hydrogen) atoms. The van der Waals surface area contributed by atoms with Crippen LogP contribution in [0.1, 0.15) is 64.7 Å². The maximum absolute atomic E-state index is 6.50. The number of nitrogens with zero attached hydrogens (tertiary/aromatic N) is 1. The second kappa shape index (κ2) is 8.14. The predicted molar refractivity (Wildman–Crippen MR) is 110 cm³/mol. The van der Waals surface area contributed by atoms with Crippen molar-refractivity contribution in [3.05, 3.63) is 71.8 Å². The van der Waals surface area contributed by atoms with Crippen LogP contribution in [0.25, 0.3) is 0 Å². The van der Waals surface area contributed by atoms with E-state index in [0.717, 1.165) is 12.8 Å². The van der Waals surface area contributed by atoms with Crippen LogP contribution in [0.2, 0.25) is 0 Å². The molecule has 3 heteroatoms. The van der Waals surface area contributed by atoms with Crippen LogP contribution in [0.5, 0.6) is 0 Å². The van der Waals surface area contributed by atoms with E-state index in [1.165, 1.54) is 11.1 Å². The van der Waals surface area contributed by atoms with Crippen LogP contribution >= 0.6 is 0 Å². The van der Waals surface area contributed by atoms with Gasteiger partial charge in [0.25, 0.3) is 0 Å². The number of hydroxylamine groups is 2. The molecule has 1 aliphatic rings. The Morgan fingerprint density at radius 2 is 1.41 bits per heavy atom. The summed E-state index contributed by atoms with van der Waals surface area (Å²) in [4.78, 5) is 6.50. The highest BCUT2D eigenvalue weighted by atomic mass is 16.7. The van der Waals surface area contributed by atoms with Crippen molar-refractivity contribution in [1.29, 1.82) is 0 Å². The highest BCUT2D eigenvalue weighted by Crippen LogP contribution is 2.41. The van der Waals surface area contributed by atoms with Gasteiger partial charge in [-0.25, -0.2) is 0 Å². The van der Waals surface area contributed by atoms with E-state index < -0.39 is 0 Å². The molecular formula is C24H33NO2. The van der Waals surface area contributed by atoms with Gasteiger partial charge in [0, 0.05) is 11.1 Å². The molecule has 1 heterocycles. The van der Waals surface area contributed by atoms with Crippen LogP contribution in [0.15, 0.2) is 60.7 Å². The van der Waals surface area contributed by atoms with Gasteiger partial charge in [0.2, 0.25) is 0 Å². The third kappa shape index (κ3) is 4.98. The fourth-order valence-electron chi connectivity index (χ4n) is 4.31. The van der Waals surface area contributed by atoms with Gasteiger partial charge in [0.05, 0.1) is 12.7 Å². The molecule has 1 saturated heterocycles. The van der Waals surface area contributed by atoms with Crippen molar-refractivity contribution >= 4 is 0 Å². The molecule has 0 bridgehead atoms. The van der Waals surface area contributed by atoms with Gasteiger partial charge in [0.15, 0.2) is 0 Å². The van der Waals surface area contributed by atoms with E-state index >= 15 is 0 Å². The summed E-state index contributed by atoms with van der Waals surface area (Å²) in [5, 5.41) is 2.21. The number of hydrogen-bond acceptors (Lipinski definition) is 3. The lowest BCUT2D eigenvalue weighted by Gasteiger charge is -2.54. The van der Waals surface area contributed by atoms with Crippen LogP contribution in [0, 0.1) is 0 Å². The van der Waals surface area contributed by atoms with Crippen LogP contribution in [0.3, 0.4) is 0 Å². The van der Waals surface area contributed by atoms with Gasteiger partial charge in [-0.1, -0.05) is 60.7 Å². The molecule has 1 fully saturated rings. The molecule has 1 unspecified atom stereocenters. The molecule has 2 aromatic rings. The predicted octanol–water partition coefficient (Wildman–Crippen LogP) is 5.92. The standard InChI is InChI=1S/C24H33NO2/c1-19(21-14-10-7-11-15-21)27-25-23(2,3)16-22(17-24(25,4)5)26-18-20-12-8-6-9-13-20/h6-15,19,22H,16-18H2,1-5H3. The third-order valence-corrected chi connectivity index (χ3v) is 5.42. The first kappa shape index (κ1) is 20.1. The molecule has 1 aliphatic heterocycles. The van der Waals surface area contributed by atoms with Gasteiger partial charge in [-0.2, -0.15) is 5.06 Å². The second-order valence-corrected chi connectivity index (χ2v) is 8.90. The average Bonchev–Trinajstić information content (AvgIpc) is 2.64. The molecule has 3 rings (SSSR count). The first-order valence-electron chi connectivity index (χ1n) is 9.95. The van der Waals surface area contributed by atoms with Gasteiger partial charge in [-0.3, -0.25) is 4.84 Å². The first-order valence-corrected chi connectivity index (χ1v) is 9.95. The van der Waals surface area contributed by atoms with Crippen LogP contribution in [0.4, 0.5) is 0 Å². The Hall–Kier alpha value is -1.68. The van der Waals surface area contributed by atoms with Gasteiger partial charge in [0.1, 0.15) is 6.10 Å². The molecule has 0 radical (unpaired) electrons. The normalized spacial score (nSPS) is 21.1. The number of rotatable bonds is 6. The quantitative estimate of drug-likeness (QED) is 0.633. The molecule has 3 nitrogen and oxygen atoms in total. The minimum Gasteiger partial charge on any atom is -0.373 e. The van der Waals surface area contributed by atoms with Crippen molar-refractivity contribution in [2.75, 3.05) is 0 Å². The molecule has 1 atom stereocenters. The lowest BCUT2D eigenvalue weighted by Crippen LogP contribution is -2.62. The summed E-state index contributed by atoms with van der Waals surface area (Å²) in [6.45, 7) is 11.8. The topological polar surface area (TPSA) is 21.7 Å². The first-order chi connectivity index (χ1) is 12.8. The molecule has 0 saturated carbocycles. The third-order valence-electron chi connectivity index (χ3n) is 5.42. The number of hydrogen-bond donors (Lipinski definition) is 0. The van der Waals surface area contributed by atoms with Gasteiger partial charge in [-0.05, 0) is 58.6 Å². The second-order valence-electron chi connectivity index (χ2n) is 8.90. The summed E-state index contributed by atoms with van der Waals surface area (Å²) < 4.78 is 6.30. The molecule has 2 aromatic carbocycles. The van der Waals surface area contributed by atoms with Crippen molar-refractivity contribution in [3.8, 4) is 0 Å². The molecule has 0 N–H and O–H groups in total. The Morgan fingerprint density at radius 1 is 0.889 bits per heavy atom. The number of piperidine rings is 1. The number of ether oxygens (including phenoxy) is 1. The van der Waals surface area contributed by atoms with Gasteiger partial charge >= 0.3 is 0 Å². The summed E-state index contributed by atoms with van der Waals surface area (Å²) in [5.74, 6) is 0. The zero-order valence-electron chi connectivity index (χ0n) is 17.3. The Morgan fingerprint density at radius 3 is 1.96 bits per heavy atom. The van der Waals surface area contributed by atoms with Crippen LogP contribution in [-0.4, -0.2) is 22.2 Å². The Labute approximate surface area is 164 Å². The monoisotopic (exact) mass is 367 g/mol. The summed E-state index contributed by atoms with van der Waals surface area (Å²) >= 11 is 0. The lowest BCUT2D eigenvalue weighted by molar-refractivity contribution is -0.316. The minimum absolute atomic E-state index is 0.0199. The molecule has 0 aliphatic carbocycles. The summed E-state index contributed by atoms with van der Waals surface area (Å²) in [6, 6.07) is 20.8. The van der Waals surface area contributed by atoms with E-state index in [-0.39, 0.29) is 23.3 Å². The maximum atomic E-state index is 6.50. The molecular weight excluding hydrogens is 334 g/mol. The molecule has 146 valence electrons. The minimum atomic E-state index is -0.105. The van der Waals surface area contributed by atoms with Crippen molar-refractivity contribution in [2.24, 2.45) is 0 Å². The molecule has 0 aromatic heterocycles. The highest BCUT2D eigenvalue weighted by Gasteiger charge is 2.47. The van der Waals surface area contributed by atoms with E-state index in [1.54, 1.807) is 0 Å². The van der Waals surface area contributed by atoms with Crippen molar-refractivity contribution in [2.45, 2.75) is 77.4 Å². The van der Waals surface area contributed by atoms with E-state index in [2.05, 4.69) is 88.2 Å². The summed E-state index contributed by atoms with van der Waals surface area (Å²) in [7, 11) is 0. The average molecular weight is 368 g/mol. The largest absolute Gasteiger partial charge is 0.373 e. The van der Waals surface area contributed by atoms with E-state index in [4.69, 9.17) is 9.57 Å². The SMILES string of the molecule is CC(ON1C(C)(C)CC(OCc2ccccc2)CC1(C)C)c1ccccc1. The summed E-state index contributed by atoms with van der Waals surface area (Å²) in [5.41, 5.74) is 2.22. The summed E-state index contributed by atoms with van der Waals surface area (Å²) in [6.07, 6.45) is 2.14. The smallest absolute Gasteiger partial charge is 0.102 e. The Kier molecular flexibility index (Phi) is 6.05. The fourth-order valence-corrected chi connectivity index (χ4v) is 4.31. The Bertz CT molecular complexity index is 694. The molecule has 0 amide bonds.